The van der Waals surface area contributed by atoms with Crippen molar-refractivity contribution in [3.63, 3.8) is 0 Å². The first-order chi connectivity index (χ1) is 16.2. The summed E-state index contributed by atoms with van der Waals surface area (Å²) in [6.45, 7) is 1.89. The summed E-state index contributed by atoms with van der Waals surface area (Å²) in [5, 5.41) is 11.9. The molecule has 5 atom stereocenters. The van der Waals surface area contributed by atoms with Crippen LogP contribution < -0.4 is 0 Å². The van der Waals surface area contributed by atoms with Crippen molar-refractivity contribution < 1.29 is 23.1 Å². The minimum atomic E-state index is -4.08. The predicted molar refractivity (Wildman–Crippen MR) is 126 cm³/mol. The van der Waals surface area contributed by atoms with E-state index in [9.17, 15) is 23.1 Å². The lowest BCUT2D eigenvalue weighted by Crippen LogP contribution is -2.43. The molecule has 1 N–H and O–H groups in total. The fraction of sp³-hybridized carbons (Fsp3) is 0.385. The van der Waals surface area contributed by atoms with Gasteiger partial charge >= 0.3 is 0 Å². The van der Waals surface area contributed by atoms with Gasteiger partial charge in [-0.2, -0.15) is 0 Å². The van der Waals surface area contributed by atoms with Crippen molar-refractivity contribution in [3.8, 4) is 0 Å². The number of aryl methyl sites for hydroxylation is 1. The normalized spacial score (nSPS) is 28.7. The van der Waals surface area contributed by atoms with Crippen LogP contribution in [0.1, 0.15) is 47.9 Å². The van der Waals surface area contributed by atoms with Gasteiger partial charge in [0.05, 0.1) is 34.0 Å². The number of rotatable bonds is 2. The number of likely N-dealkylation sites (N-methyl/N-ethyl adjacent to an activating group) is 1. The van der Waals surface area contributed by atoms with Gasteiger partial charge in [-0.25, -0.2) is 12.4 Å². The number of aromatic nitrogens is 1. The highest BCUT2D eigenvalue weighted by atomic mass is 32.2. The van der Waals surface area contributed by atoms with Crippen LogP contribution in [0.15, 0.2) is 53.4 Å². The molecule has 7 nitrogen and oxygen atoms in total. The van der Waals surface area contributed by atoms with E-state index in [0.29, 0.717) is 23.2 Å². The molecule has 3 aromatic rings. The number of imide groups is 1. The lowest BCUT2D eigenvalue weighted by Gasteiger charge is -2.43. The van der Waals surface area contributed by atoms with E-state index in [4.69, 9.17) is 0 Å². The van der Waals surface area contributed by atoms with Crippen molar-refractivity contribution in [2.45, 2.75) is 49.0 Å². The summed E-state index contributed by atoms with van der Waals surface area (Å²) < 4.78 is 29.4. The van der Waals surface area contributed by atoms with Gasteiger partial charge in [0.2, 0.25) is 11.8 Å². The zero-order chi connectivity index (χ0) is 23.9. The van der Waals surface area contributed by atoms with Crippen LogP contribution in [0.25, 0.3) is 10.9 Å². The quantitative estimate of drug-likeness (QED) is 0.571. The average Bonchev–Trinajstić information content (AvgIpc) is 3.28. The van der Waals surface area contributed by atoms with Crippen molar-refractivity contribution >= 4 is 32.7 Å². The molecule has 0 bridgehead atoms. The molecule has 1 saturated heterocycles. The average molecular weight is 479 g/mol. The topological polar surface area (TPSA) is 96.7 Å². The SMILES string of the molecule is Cc1ccc(S(=O)(=O)n2c3c(c4ccccc42)[C@@H]2[C@@H](CCC[C@@H]2O)[C@@H]2C(=O)N(C)C(=O)[C@H]32)cc1. The molecule has 0 spiro atoms. The number of para-hydroxylation sites is 1. The third-order valence-corrected chi connectivity index (χ3v) is 9.78. The Hall–Kier alpha value is -2.97. The lowest BCUT2D eigenvalue weighted by molar-refractivity contribution is -0.138. The Kier molecular flexibility index (Phi) is 4.60. The molecule has 6 rings (SSSR count). The van der Waals surface area contributed by atoms with Crippen molar-refractivity contribution in [2.75, 3.05) is 7.05 Å². The van der Waals surface area contributed by atoms with Gasteiger partial charge in [-0.15, -0.1) is 0 Å². The van der Waals surface area contributed by atoms with Gasteiger partial charge in [-0.05, 0) is 49.4 Å². The van der Waals surface area contributed by atoms with Crippen LogP contribution in [0, 0.1) is 18.8 Å². The Morgan fingerprint density at radius 2 is 1.65 bits per heavy atom. The molecule has 2 fully saturated rings. The number of hydrogen-bond acceptors (Lipinski definition) is 5. The first-order valence-electron chi connectivity index (χ1n) is 11.7. The number of likely N-dealkylation sites (tertiary alicyclic amines) is 1. The lowest BCUT2D eigenvalue weighted by atomic mass is 9.60. The molecule has 0 radical (unpaired) electrons. The Bertz CT molecular complexity index is 1460. The number of hydrogen-bond donors (Lipinski definition) is 1. The molecule has 8 heteroatoms. The molecule has 1 aromatic heterocycles. The summed E-state index contributed by atoms with van der Waals surface area (Å²) in [7, 11) is -2.61. The molecule has 176 valence electrons. The molecule has 2 amide bonds. The summed E-state index contributed by atoms with van der Waals surface area (Å²) in [5.74, 6) is -2.81. The monoisotopic (exact) mass is 478 g/mol. The number of carbonyl (C=O) groups is 2. The zero-order valence-electron chi connectivity index (χ0n) is 19.0. The van der Waals surface area contributed by atoms with Crippen molar-refractivity contribution in [3.05, 3.63) is 65.4 Å². The Morgan fingerprint density at radius 1 is 0.941 bits per heavy atom. The Balaban J connectivity index is 1.73. The highest BCUT2D eigenvalue weighted by Gasteiger charge is 2.60. The number of amides is 2. The molecule has 2 heterocycles. The summed E-state index contributed by atoms with van der Waals surface area (Å²) >= 11 is 0. The minimum Gasteiger partial charge on any atom is -0.392 e. The maximum Gasteiger partial charge on any atom is 0.268 e. The molecule has 1 aliphatic heterocycles. The van der Waals surface area contributed by atoms with Crippen LogP contribution >= 0.6 is 0 Å². The van der Waals surface area contributed by atoms with E-state index in [1.807, 2.05) is 19.1 Å². The van der Waals surface area contributed by atoms with E-state index in [1.165, 1.54) is 11.0 Å². The maximum absolute atomic E-state index is 14.1. The largest absolute Gasteiger partial charge is 0.392 e. The predicted octanol–water partition coefficient (Wildman–Crippen LogP) is 3.14. The molecule has 3 aliphatic rings. The smallest absolute Gasteiger partial charge is 0.268 e. The third kappa shape index (κ3) is 2.69. The summed E-state index contributed by atoms with van der Waals surface area (Å²) in [5.41, 5.74) is 2.46. The summed E-state index contributed by atoms with van der Waals surface area (Å²) in [4.78, 5) is 28.0. The van der Waals surface area contributed by atoms with Crippen LogP contribution in [0.3, 0.4) is 0 Å². The van der Waals surface area contributed by atoms with E-state index >= 15 is 0 Å². The standard InChI is InChI=1S/C26H26N2O5S/c1-14-10-12-15(13-11-14)34(32,33)28-18-8-4-3-6-16(18)21-20-17(7-5-9-19(20)29)22-23(24(21)28)26(31)27(2)25(22)30/h3-4,6,8,10-13,17,19-20,22-23,29H,5,7,9H2,1-2H3/t17-,19+,20-,22+,23+/m1/s1. The van der Waals surface area contributed by atoms with Gasteiger partial charge in [0.25, 0.3) is 10.0 Å². The molecule has 2 aliphatic carbocycles. The van der Waals surface area contributed by atoms with Gasteiger partial charge in [0, 0.05) is 18.4 Å². The van der Waals surface area contributed by atoms with E-state index < -0.39 is 33.9 Å². The van der Waals surface area contributed by atoms with Crippen molar-refractivity contribution in [2.24, 2.45) is 11.8 Å². The molecule has 0 unspecified atom stereocenters. The first kappa shape index (κ1) is 21.6. The molecule has 34 heavy (non-hydrogen) atoms. The van der Waals surface area contributed by atoms with E-state index in [0.717, 1.165) is 28.7 Å². The second-order valence-electron chi connectivity index (χ2n) is 9.83. The fourth-order valence-electron chi connectivity index (χ4n) is 6.55. The van der Waals surface area contributed by atoms with Crippen LogP contribution in [0.2, 0.25) is 0 Å². The van der Waals surface area contributed by atoms with Gasteiger partial charge < -0.3 is 5.11 Å². The number of nitrogens with zero attached hydrogens (tertiary/aromatic N) is 2. The van der Waals surface area contributed by atoms with Crippen molar-refractivity contribution in [1.82, 2.24) is 8.87 Å². The third-order valence-electron chi connectivity index (χ3n) is 8.04. The number of aliphatic hydroxyl groups excluding tert-OH is 1. The van der Waals surface area contributed by atoms with Gasteiger partial charge in [0.15, 0.2) is 0 Å². The van der Waals surface area contributed by atoms with Crippen LogP contribution in [-0.4, -0.2) is 47.4 Å². The van der Waals surface area contributed by atoms with E-state index in [2.05, 4.69) is 0 Å². The van der Waals surface area contributed by atoms with Gasteiger partial charge in [-0.3, -0.25) is 14.5 Å². The highest BCUT2D eigenvalue weighted by molar-refractivity contribution is 7.90. The van der Waals surface area contributed by atoms with Crippen LogP contribution in [0.5, 0.6) is 0 Å². The summed E-state index contributed by atoms with van der Waals surface area (Å²) in [6.07, 6.45) is 1.37. The fourth-order valence-corrected chi connectivity index (χ4v) is 8.13. The number of aliphatic hydroxyl groups is 1. The second-order valence-corrected chi connectivity index (χ2v) is 11.6. The molecule has 1 saturated carbocycles. The van der Waals surface area contributed by atoms with E-state index in [1.54, 1.807) is 36.4 Å². The number of benzene rings is 2. The van der Waals surface area contributed by atoms with E-state index in [-0.39, 0.29) is 22.6 Å². The second kappa shape index (κ2) is 7.26. The molecule has 2 aromatic carbocycles. The Labute approximate surface area is 198 Å². The highest BCUT2D eigenvalue weighted by Crippen LogP contribution is 2.58. The zero-order valence-corrected chi connectivity index (χ0v) is 19.8. The maximum atomic E-state index is 14.1. The molecular formula is C26H26N2O5S. The minimum absolute atomic E-state index is 0.120. The molecular weight excluding hydrogens is 452 g/mol. The number of fused-ring (bicyclic) bond motifs is 8. The number of carbonyl (C=O) groups excluding carboxylic acids is 2. The van der Waals surface area contributed by atoms with Crippen LogP contribution in [0.4, 0.5) is 0 Å². The first-order valence-corrected chi connectivity index (χ1v) is 13.1. The van der Waals surface area contributed by atoms with Crippen LogP contribution in [-0.2, 0) is 19.6 Å². The van der Waals surface area contributed by atoms with Gasteiger partial charge in [-0.1, -0.05) is 42.3 Å². The van der Waals surface area contributed by atoms with Crippen molar-refractivity contribution in [1.29, 1.82) is 0 Å². The Morgan fingerprint density at radius 3 is 2.38 bits per heavy atom. The van der Waals surface area contributed by atoms with Gasteiger partial charge in [0.1, 0.15) is 0 Å². The summed E-state index contributed by atoms with van der Waals surface area (Å²) in [6, 6.07) is 13.8.